The van der Waals surface area contributed by atoms with Gasteiger partial charge in [-0.2, -0.15) is 13.2 Å². The molecule has 0 aliphatic rings. The van der Waals surface area contributed by atoms with Crippen molar-refractivity contribution in [1.82, 2.24) is 10.1 Å². The number of rotatable bonds is 4. The summed E-state index contributed by atoms with van der Waals surface area (Å²) in [5.41, 5.74) is -0.185. The summed E-state index contributed by atoms with van der Waals surface area (Å²) in [5, 5.41) is 3.57. The number of carbonyl (C=O) groups is 1. The highest BCUT2D eigenvalue weighted by Crippen LogP contribution is 2.35. The Morgan fingerprint density at radius 2 is 1.93 bits per heavy atom. The second kappa shape index (κ2) is 7.40. The summed E-state index contributed by atoms with van der Waals surface area (Å²) in [5.74, 6) is -0.350. The van der Waals surface area contributed by atoms with Crippen LogP contribution in [0.4, 0.5) is 13.2 Å². The Balaban J connectivity index is 1.96. The third kappa shape index (κ3) is 4.28. The Labute approximate surface area is 156 Å². The molecule has 1 aromatic carbocycles. The van der Waals surface area contributed by atoms with Gasteiger partial charge in [-0.25, -0.2) is 0 Å². The van der Waals surface area contributed by atoms with Crippen LogP contribution in [0.3, 0.4) is 0 Å². The van der Waals surface area contributed by atoms with Crippen LogP contribution >= 0.6 is 11.6 Å². The van der Waals surface area contributed by atoms with Crippen LogP contribution in [0.1, 0.15) is 29.9 Å². The largest absolute Gasteiger partial charge is 0.449 e. The second-order valence-corrected chi connectivity index (χ2v) is 5.97. The molecule has 0 saturated carbocycles. The van der Waals surface area contributed by atoms with Crippen molar-refractivity contribution in [3.8, 4) is 11.4 Å². The molecular formula is C18H12ClF3N2O3. The molecule has 3 rings (SSSR count). The van der Waals surface area contributed by atoms with Gasteiger partial charge in [0.15, 0.2) is 11.9 Å². The zero-order valence-electron chi connectivity index (χ0n) is 13.8. The maximum atomic E-state index is 12.7. The van der Waals surface area contributed by atoms with Crippen LogP contribution in [0.25, 0.3) is 11.4 Å². The number of nitrogens with zero attached hydrogens (tertiary/aromatic N) is 2. The SMILES string of the molecule is CC(=O)O[C@@H](c1ccccc1)c1cc(-c2ncc(C(F)(F)F)cc2Cl)no1. The van der Waals surface area contributed by atoms with Crippen LogP contribution in [-0.4, -0.2) is 16.1 Å². The zero-order valence-corrected chi connectivity index (χ0v) is 14.6. The molecule has 2 aromatic heterocycles. The second-order valence-electron chi connectivity index (χ2n) is 5.57. The van der Waals surface area contributed by atoms with Crippen molar-refractivity contribution in [3.05, 3.63) is 70.6 Å². The molecule has 0 bridgehead atoms. The fourth-order valence-corrected chi connectivity index (χ4v) is 2.65. The summed E-state index contributed by atoms with van der Waals surface area (Å²) in [6.07, 6.45) is -4.76. The molecule has 0 radical (unpaired) electrons. The summed E-state index contributed by atoms with van der Waals surface area (Å²) in [7, 11) is 0. The Kier molecular flexibility index (Phi) is 5.18. The van der Waals surface area contributed by atoms with Gasteiger partial charge in [0.1, 0.15) is 11.4 Å². The number of halogens is 4. The molecule has 140 valence electrons. The maximum absolute atomic E-state index is 12.7. The summed E-state index contributed by atoms with van der Waals surface area (Å²) in [4.78, 5) is 15.2. The van der Waals surface area contributed by atoms with E-state index in [1.54, 1.807) is 30.3 Å². The van der Waals surface area contributed by atoms with Gasteiger partial charge in [0.2, 0.25) is 0 Å². The quantitative estimate of drug-likeness (QED) is 0.576. The number of hydrogen-bond acceptors (Lipinski definition) is 5. The summed E-state index contributed by atoms with van der Waals surface area (Å²) < 4.78 is 48.8. The predicted molar refractivity (Wildman–Crippen MR) is 89.8 cm³/mol. The lowest BCUT2D eigenvalue weighted by molar-refractivity contribution is -0.145. The number of esters is 1. The van der Waals surface area contributed by atoms with Gasteiger partial charge in [0.25, 0.3) is 0 Å². The van der Waals surface area contributed by atoms with Gasteiger partial charge in [0, 0.05) is 24.8 Å². The van der Waals surface area contributed by atoms with Gasteiger partial charge in [-0.15, -0.1) is 0 Å². The molecule has 0 unspecified atom stereocenters. The lowest BCUT2D eigenvalue weighted by Crippen LogP contribution is -2.09. The van der Waals surface area contributed by atoms with E-state index < -0.39 is 23.8 Å². The van der Waals surface area contributed by atoms with E-state index in [0.717, 1.165) is 6.07 Å². The molecule has 0 aliphatic heterocycles. The first-order valence-electron chi connectivity index (χ1n) is 7.67. The first-order valence-corrected chi connectivity index (χ1v) is 8.05. The highest BCUT2D eigenvalue weighted by molar-refractivity contribution is 6.33. The van der Waals surface area contributed by atoms with Crippen LogP contribution in [-0.2, 0) is 15.7 Å². The van der Waals surface area contributed by atoms with E-state index in [0.29, 0.717) is 11.8 Å². The van der Waals surface area contributed by atoms with Crippen molar-refractivity contribution < 1.29 is 27.2 Å². The fourth-order valence-electron chi connectivity index (χ4n) is 2.39. The Morgan fingerprint density at radius 3 is 2.52 bits per heavy atom. The maximum Gasteiger partial charge on any atom is 0.417 e. The molecule has 0 fully saturated rings. The number of aromatic nitrogens is 2. The van der Waals surface area contributed by atoms with Gasteiger partial charge < -0.3 is 9.26 Å². The third-order valence-electron chi connectivity index (χ3n) is 3.58. The van der Waals surface area contributed by atoms with Crippen molar-refractivity contribution in [2.75, 3.05) is 0 Å². The molecule has 0 spiro atoms. The minimum Gasteiger partial charge on any atom is -0.449 e. The number of benzene rings is 1. The normalized spacial score (nSPS) is 12.6. The van der Waals surface area contributed by atoms with E-state index >= 15 is 0 Å². The van der Waals surface area contributed by atoms with E-state index in [9.17, 15) is 18.0 Å². The number of alkyl halides is 3. The highest BCUT2D eigenvalue weighted by Gasteiger charge is 2.32. The van der Waals surface area contributed by atoms with Crippen LogP contribution in [0.2, 0.25) is 5.02 Å². The van der Waals surface area contributed by atoms with Gasteiger partial charge in [-0.05, 0) is 6.07 Å². The predicted octanol–water partition coefficient (Wildman–Crippen LogP) is 5.06. The van der Waals surface area contributed by atoms with Gasteiger partial charge >= 0.3 is 12.1 Å². The van der Waals surface area contributed by atoms with Gasteiger partial charge in [-0.1, -0.05) is 47.1 Å². The standard InChI is InChI=1S/C18H12ClF3N2O3/c1-10(25)26-17(11-5-3-2-4-6-11)15-8-14(24-27-15)16-13(19)7-12(9-23-16)18(20,21)22/h2-9,17H,1H3/t17-/m0/s1. The smallest absolute Gasteiger partial charge is 0.417 e. The molecule has 0 N–H and O–H groups in total. The van der Waals surface area contributed by atoms with Gasteiger partial charge in [-0.3, -0.25) is 9.78 Å². The fraction of sp³-hybridized carbons (Fsp3) is 0.167. The van der Waals surface area contributed by atoms with Crippen LogP contribution in [0, 0.1) is 0 Å². The van der Waals surface area contributed by atoms with Crippen molar-refractivity contribution in [2.45, 2.75) is 19.2 Å². The van der Waals surface area contributed by atoms with Crippen molar-refractivity contribution >= 4 is 17.6 Å². The number of hydrogen-bond donors (Lipinski definition) is 0. The van der Waals surface area contributed by atoms with E-state index in [2.05, 4.69) is 10.1 Å². The van der Waals surface area contributed by atoms with E-state index in [1.807, 2.05) is 0 Å². The third-order valence-corrected chi connectivity index (χ3v) is 3.87. The van der Waals surface area contributed by atoms with Crippen molar-refractivity contribution in [1.29, 1.82) is 0 Å². The number of carbonyl (C=O) groups excluding carboxylic acids is 1. The minimum absolute atomic E-state index is 0.0225. The molecule has 27 heavy (non-hydrogen) atoms. The Hall–Kier alpha value is -2.87. The lowest BCUT2D eigenvalue weighted by Gasteiger charge is -2.14. The van der Waals surface area contributed by atoms with Crippen LogP contribution in [0.5, 0.6) is 0 Å². The lowest BCUT2D eigenvalue weighted by atomic mass is 10.1. The first kappa shape index (κ1) is 18.9. The topological polar surface area (TPSA) is 65.2 Å². The summed E-state index contributed by atoms with van der Waals surface area (Å²) in [6.45, 7) is 1.25. The molecule has 9 heteroatoms. The summed E-state index contributed by atoms with van der Waals surface area (Å²) in [6, 6.07) is 11.0. The molecule has 5 nitrogen and oxygen atoms in total. The number of pyridine rings is 1. The highest BCUT2D eigenvalue weighted by atomic mass is 35.5. The Bertz CT molecular complexity index is 958. The molecule has 0 amide bonds. The molecule has 0 aliphatic carbocycles. The molecule has 2 heterocycles. The monoisotopic (exact) mass is 396 g/mol. The van der Waals surface area contributed by atoms with Crippen LogP contribution in [0.15, 0.2) is 53.2 Å². The molecule has 0 saturated heterocycles. The zero-order chi connectivity index (χ0) is 19.6. The van der Waals surface area contributed by atoms with E-state index in [4.69, 9.17) is 20.9 Å². The van der Waals surface area contributed by atoms with Crippen molar-refractivity contribution in [3.63, 3.8) is 0 Å². The molecule has 3 aromatic rings. The van der Waals surface area contributed by atoms with E-state index in [-0.39, 0.29) is 22.2 Å². The van der Waals surface area contributed by atoms with E-state index in [1.165, 1.54) is 13.0 Å². The van der Waals surface area contributed by atoms with Crippen LogP contribution < -0.4 is 0 Å². The minimum atomic E-state index is -4.56. The molecule has 1 atom stereocenters. The summed E-state index contributed by atoms with van der Waals surface area (Å²) >= 11 is 5.93. The number of ether oxygens (including phenoxy) is 1. The Morgan fingerprint density at radius 1 is 1.22 bits per heavy atom. The first-order chi connectivity index (χ1) is 12.8. The van der Waals surface area contributed by atoms with Crippen molar-refractivity contribution in [2.24, 2.45) is 0 Å². The average Bonchev–Trinajstić information content (AvgIpc) is 3.09. The molecular weight excluding hydrogens is 385 g/mol. The van der Waals surface area contributed by atoms with Gasteiger partial charge in [0.05, 0.1) is 10.6 Å². The average molecular weight is 397 g/mol.